The van der Waals surface area contributed by atoms with Crippen molar-refractivity contribution in [1.29, 1.82) is 0 Å². The summed E-state index contributed by atoms with van der Waals surface area (Å²) < 4.78 is 11.2. The molecule has 0 bridgehead atoms. The molecule has 1 aliphatic carbocycles. The molecule has 1 heterocycles. The van der Waals surface area contributed by atoms with E-state index in [1.165, 1.54) is 18.4 Å². The normalized spacial score (nSPS) is 15.4. The van der Waals surface area contributed by atoms with E-state index in [0.29, 0.717) is 12.5 Å². The van der Waals surface area contributed by atoms with Crippen molar-refractivity contribution in [1.82, 2.24) is 10.2 Å². The van der Waals surface area contributed by atoms with E-state index in [1.54, 1.807) is 6.26 Å². The Labute approximate surface area is 122 Å². The van der Waals surface area contributed by atoms with Crippen LogP contribution in [0.15, 0.2) is 16.7 Å². The van der Waals surface area contributed by atoms with Crippen LogP contribution in [0.1, 0.15) is 38.0 Å². The molecular formula is C16H28N2O2. The van der Waals surface area contributed by atoms with E-state index in [4.69, 9.17) is 9.15 Å². The quantitative estimate of drug-likeness (QED) is 0.669. The molecule has 1 fully saturated rings. The van der Waals surface area contributed by atoms with Crippen molar-refractivity contribution >= 4 is 0 Å². The van der Waals surface area contributed by atoms with Crippen LogP contribution < -0.4 is 5.32 Å². The first-order valence-corrected chi connectivity index (χ1v) is 7.70. The van der Waals surface area contributed by atoms with Gasteiger partial charge in [-0.1, -0.05) is 13.8 Å². The van der Waals surface area contributed by atoms with Gasteiger partial charge >= 0.3 is 0 Å². The molecule has 0 atom stereocenters. The third kappa shape index (κ3) is 5.27. The smallest absolute Gasteiger partial charge is 0.133 e. The van der Waals surface area contributed by atoms with Gasteiger partial charge in [0.05, 0.1) is 12.9 Å². The van der Waals surface area contributed by atoms with E-state index in [-0.39, 0.29) is 0 Å². The van der Waals surface area contributed by atoms with Crippen molar-refractivity contribution in [2.24, 2.45) is 5.92 Å². The van der Waals surface area contributed by atoms with Crippen molar-refractivity contribution in [2.75, 3.05) is 26.7 Å². The first-order valence-electron chi connectivity index (χ1n) is 7.70. The zero-order valence-electron chi connectivity index (χ0n) is 13.0. The Bertz CT molecular complexity index is 386. The van der Waals surface area contributed by atoms with Crippen LogP contribution in [0.5, 0.6) is 0 Å². The van der Waals surface area contributed by atoms with Gasteiger partial charge in [-0.25, -0.2) is 0 Å². The van der Waals surface area contributed by atoms with Crippen molar-refractivity contribution in [3.63, 3.8) is 0 Å². The zero-order chi connectivity index (χ0) is 14.4. The maximum atomic E-state index is 5.73. The molecule has 0 radical (unpaired) electrons. The predicted molar refractivity (Wildman–Crippen MR) is 80.6 cm³/mol. The van der Waals surface area contributed by atoms with E-state index >= 15 is 0 Å². The van der Waals surface area contributed by atoms with Crippen LogP contribution in [0, 0.1) is 5.92 Å². The van der Waals surface area contributed by atoms with Gasteiger partial charge in [0.1, 0.15) is 12.4 Å². The third-order valence-corrected chi connectivity index (χ3v) is 3.70. The van der Waals surface area contributed by atoms with Crippen molar-refractivity contribution in [2.45, 2.75) is 45.9 Å². The van der Waals surface area contributed by atoms with Gasteiger partial charge in [-0.15, -0.1) is 0 Å². The highest BCUT2D eigenvalue weighted by Crippen LogP contribution is 2.24. The first kappa shape index (κ1) is 15.5. The summed E-state index contributed by atoms with van der Waals surface area (Å²) in [5, 5.41) is 3.44. The molecule has 114 valence electrons. The third-order valence-electron chi connectivity index (χ3n) is 3.70. The molecule has 0 saturated heterocycles. The summed E-state index contributed by atoms with van der Waals surface area (Å²) in [5.41, 5.74) is 1.21. The highest BCUT2D eigenvalue weighted by Gasteiger charge is 2.25. The fourth-order valence-corrected chi connectivity index (χ4v) is 2.22. The molecule has 4 heteroatoms. The van der Waals surface area contributed by atoms with Crippen LogP contribution in [0.3, 0.4) is 0 Å². The number of ether oxygens (including phenoxy) is 1. The predicted octanol–water partition coefficient (Wildman–Crippen LogP) is 2.64. The molecule has 1 saturated carbocycles. The summed E-state index contributed by atoms with van der Waals surface area (Å²) in [6.07, 6.45) is 4.45. The molecule has 0 spiro atoms. The Morgan fingerprint density at radius 1 is 1.45 bits per heavy atom. The topological polar surface area (TPSA) is 37.6 Å². The number of rotatable bonds is 10. The number of hydrogen-bond acceptors (Lipinski definition) is 4. The standard InChI is InChI=1S/C16H28N2O2/c1-13(2)10-17-11-14-6-8-20-16(14)12-19-9-7-18(3)15-4-5-15/h6,8,13,15,17H,4-5,7,9-12H2,1-3H3. The second kappa shape index (κ2) is 7.81. The van der Waals surface area contributed by atoms with Gasteiger partial charge in [0.25, 0.3) is 0 Å². The Morgan fingerprint density at radius 2 is 2.25 bits per heavy atom. The molecule has 2 rings (SSSR count). The monoisotopic (exact) mass is 280 g/mol. The number of likely N-dealkylation sites (N-methyl/N-ethyl adjacent to an activating group) is 1. The van der Waals surface area contributed by atoms with Crippen LogP contribution in [-0.4, -0.2) is 37.7 Å². The van der Waals surface area contributed by atoms with Gasteiger partial charge in [0.2, 0.25) is 0 Å². The van der Waals surface area contributed by atoms with Crippen LogP contribution >= 0.6 is 0 Å². The molecular weight excluding hydrogens is 252 g/mol. The Hall–Kier alpha value is -0.840. The lowest BCUT2D eigenvalue weighted by Gasteiger charge is -2.15. The highest BCUT2D eigenvalue weighted by molar-refractivity contribution is 5.16. The summed E-state index contributed by atoms with van der Waals surface area (Å²) in [5.74, 6) is 1.62. The Balaban J connectivity index is 1.63. The molecule has 4 nitrogen and oxygen atoms in total. The van der Waals surface area contributed by atoms with E-state index < -0.39 is 0 Å². The molecule has 0 amide bonds. The van der Waals surface area contributed by atoms with Crippen LogP contribution in [0.4, 0.5) is 0 Å². The minimum atomic E-state index is 0.574. The minimum absolute atomic E-state index is 0.574. The van der Waals surface area contributed by atoms with Crippen molar-refractivity contribution in [3.05, 3.63) is 23.7 Å². The van der Waals surface area contributed by atoms with Crippen LogP contribution in [0.2, 0.25) is 0 Å². The number of nitrogens with zero attached hydrogens (tertiary/aromatic N) is 1. The summed E-state index contributed by atoms with van der Waals surface area (Å²) in [6, 6.07) is 2.83. The summed E-state index contributed by atoms with van der Waals surface area (Å²) in [4.78, 5) is 2.38. The number of furan rings is 1. The fraction of sp³-hybridized carbons (Fsp3) is 0.750. The van der Waals surface area contributed by atoms with Gasteiger partial charge in [0, 0.05) is 24.7 Å². The largest absolute Gasteiger partial charge is 0.467 e. The van der Waals surface area contributed by atoms with Gasteiger partial charge in [-0.2, -0.15) is 0 Å². The maximum Gasteiger partial charge on any atom is 0.133 e. The van der Waals surface area contributed by atoms with E-state index in [1.807, 2.05) is 6.07 Å². The average Bonchev–Trinajstić information content (AvgIpc) is 3.16. The van der Waals surface area contributed by atoms with E-state index in [2.05, 4.69) is 31.1 Å². The summed E-state index contributed by atoms with van der Waals surface area (Å²) in [7, 11) is 2.18. The lowest BCUT2D eigenvalue weighted by molar-refractivity contribution is 0.0856. The lowest BCUT2D eigenvalue weighted by atomic mass is 10.2. The van der Waals surface area contributed by atoms with Gasteiger partial charge < -0.3 is 19.4 Å². The fourth-order valence-electron chi connectivity index (χ4n) is 2.22. The van der Waals surface area contributed by atoms with E-state index in [0.717, 1.165) is 38.0 Å². The minimum Gasteiger partial charge on any atom is -0.467 e. The molecule has 0 aliphatic heterocycles. The summed E-state index contributed by atoms with van der Waals surface area (Å²) >= 11 is 0. The SMILES string of the molecule is CC(C)CNCc1ccoc1COCCN(C)C1CC1. The molecule has 1 aliphatic rings. The maximum absolute atomic E-state index is 5.73. The first-order chi connectivity index (χ1) is 9.66. The zero-order valence-corrected chi connectivity index (χ0v) is 13.0. The molecule has 1 N–H and O–H groups in total. The van der Waals surface area contributed by atoms with Crippen molar-refractivity contribution < 1.29 is 9.15 Å². The second-order valence-corrected chi connectivity index (χ2v) is 6.16. The van der Waals surface area contributed by atoms with Gasteiger partial charge in [-0.3, -0.25) is 0 Å². The number of hydrogen-bond donors (Lipinski definition) is 1. The van der Waals surface area contributed by atoms with Gasteiger partial charge in [0.15, 0.2) is 0 Å². The van der Waals surface area contributed by atoms with Crippen LogP contribution in [0.25, 0.3) is 0 Å². The van der Waals surface area contributed by atoms with Gasteiger partial charge in [-0.05, 0) is 38.4 Å². The Kier molecular flexibility index (Phi) is 6.07. The molecule has 20 heavy (non-hydrogen) atoms. The van der Waals surface area contributed by atoms with Crippen LogP contribution in [-0.2, 0) is 17.9 Å². The molecule has 1 aromatic heterocycles. The van der Waals surface area contributed by atoms with Crippen molar-refractivity contribution in [3.8, 4) is 0 Å². The van der Waals surface area contributed by atoms with E-state index in [9.17, 15) is 0 Å². The lowest BCUT2D eigenvalue weighted by Crippen LogP contribution is -2.25. The molecule has 0 aromatic carbocycles. The second-order valence-electron chi connectivity index (χ2n) is 6.16. The molecule has 0 unspecified atom stereocenters. The summed E-state index contributed by atoms with van der Waals surface area (Å²) in [6.45, 7) is 8.65. The number of nitrogens with one attached hydrogen (secondary N) is 1. The molecule has 1 aromatic rings. The highest BCUT2D eigenvalue weighted by atomic mass is 16.5. The Morgan fingerprint density at radius 3 is 2.95 bits per heavy atom. The average molecular weight is 280 g/mol.